The monoisotopic (exact) mass is 273 g/mol. The highest BCUT2D eigenvalue weighted by molar-refractivity contribution is 7.99. The quantitative estimate of drug-likeness (QED) is 0.843. The van der Waals surface area contributed by atoms with E-state index in [-0.39, 0.29) is 5.91 Å². The summed E-state index contributed by atoms with van der Waals surface area (Å²) in [6, 6.07) is 11.4. The molecule has 0 spiro atoms. The topological polar surface area (TPSA) is 33.5 Å². The molecule has 2 aromatic rings. The average molecular weight is 273 g/mol. The third-order valence-electron chi connectivity index (χ3n) is 3.24. The molecular formula is C15H15NO2S. The molecule has 1 aromatic carbocycles. The van der Waals surface area contributed by atoms with Crippen molar-refractivity contribution < 1.29 is 9.21 Å². The van der Waals surface area contributed by atoms with Gasteiger partial charge in [-0.2, -0.15) is 11.8 Å². The first-order chi connectivity index (χ1) is 9.36. The van der Waals surface area contributed by atoms with Crippen molar-refractivity contribution in [2.45, 2.75) is 0 Å². The highest BCUT2D eigenvalue weighted by atomic mass is 32.2. The summed E-state index contributed by atoms with van der Waals surface area (Å²) in [4.78, 5) is 14.5. The van der Waals surface area contributed by atoms with Crippen molar-refractivity contribution in [1.82, 2.24) is 4.90 Å². The zero-order valence-corrected chi connectivity index (χ0v) is 11.4. The van der Waals surface area contributed by atoms with E-state index in [0.29, 0.717) is 0 Å². The van der Waals surface area contributed by atoms with Crippen molar-refractivity contribution >= 4 is 17.7 Å². The highest BCUT2D eigenvalue weighted by Crippen LogP contribution is 2.25. The summed E-state index contributed by atoms with van der Waals surface area (Å²) in [6.07, 6.45) is 1.63. The Kier molecular flexibility index (Phi) is 3.60. The lowest BCUT2D eigenvalue weighted by Gasteiger charge is -2.27. The van der Waals surface area contributed by atoms with Crippen molar-refractivity contribution in [2.24, 2.45) is 0 Å². The highest BCUT2D eigenvalue weighted by Gasteiger charge is 2.21. The number of thioether (sulfide) groups is 1. The van der Waals surface area contributed by atoms with Gasteiger partial charge >= 0.3 is 0 Å². The van der Waals surface area contributed by atoms with Crippen LogP contribution in [0.5, 0.6) is 0 Å². The molecule has 1 aromatic heterocycles. The van der Waals surface area contributed by atoms with Crippen LogP contribution in [0, 0.1) is 0 Å². The van der Waals surface area contributed by atoms with Gasteiger partial charge in [0.25, 0.3) is 5.91 Å². The molecule has 1 aliphatic heterocycles. The van der Waals surface area contributed by atoms with Crippen LogP contribution in [0.2, 0.25) is 0 Å². The van der Waals surface area contributed by atoms with Gasteiger partial charge in [-0.25, -0.2) is 0 Å². The van der Waals surface area contributed by atoms with Gasteiger partial charge in [-0.3, -0.25) is 4.79 Å². The molecule has 1 saturated heterocycles. The molecule has 1 amide bonds. The SMILES string of the molecule is O=C(c1ccccc1-c1ccco1)N1CCSCC1. The van der Waals surface area contributed by atoms with Gasteiger partial charge in [0.15, 0.2) is 0 Å². The number of hydrogen-bond donors (Lipinski definition) is 0. The maximum atomic E-state index is 12.6. The molecule has 1 fully saturated rings. The summed E-state index contributed by atoms with van der Waals surface area (Å²) < 4.78 is 5.42. The number of hydrogen-bond acceptors (Lipinski definition) is 3. The van der Waals surface area contributed by atoms with E-state index in [1.165, 1.54) is 0 Å². The number of nitrogens with zero attached hydrogens (tertiary/aromatic N) is 1. The lowest BCUT2D eigenvalue weighted by atomic mass is 10.0. The van der Waals surface area contributed by atoms with Crippen molar-refractivity contribution in [1.29, 1.82) is 0 Å². The standard InChI is InChI=1S/C15H15NO2S/c17-15(16-7-10-19-11-8-16)13-5-2-1-4-12(13)14-6-3-9-18-14/h1-6,9H,7-8,10-11H2. The van der Waals surface area contributed by atoms with Crippen LogP contribution in [0.1, 0.15) is 10.4 Å². The van der Waals surface area contributed by atoms with E-state index in [4.69, 9.17) is 4.42 Å². The van der Waals surface area contributed by atoms with Crippen LogP contribution in [0.25, 0.3) is 11.3 Å². The van der Waals surface area contributed by atoms with Gasteiger partial charge < -0.3 is 9.32 Å². The fourth-order valence-electron chi connectivity index (χ4n) is 2.25. The van der Waals surface area contributed by atoms with E-state index in [0.717, 1.165) is 41.5 Å². The zero-order chi connectivity index (χ0) is 13.1. The maximum absolute atomic E-state index is 12.6. The molecule has 0 unspecified atom stereocenters. The van der Waals surface area contributed by atoms with Crippen LogP contribution < -0.4 is 0 Å². The molecule has 1 aliphatic rings. The summed E-state index contributed by atoms with van der Waals surface area (Å²) >= 11 is 1.90. The number of amides is 1. The Morgan fingerprint density at radius 3 is 2.63 bits per heavy atom. The van der Waals surface area contributed by atoms with Crippen molar-refractivity contribution in [3.05, 3.63) is 48.2 Å². The van der Waals surface area contributed by atoms with Crippen LogP contribution >= 0.6 is 11.8 Å². The lowest BCUT2D eigenvalue weighted by molar-refractivity contribution is 0.0773. The van der Waals surface area contributed by atoms with E-state index in [1.807, 2.05) is 53.1 Å². The fraction of sp³-hybridized carbons (Fsp3) is 0.267. The van der Waals surface area contributed by atoms with Crippen LogP contribution in [-0.2, 0) is 0 Å². The van der Waals surface area contributed by atoms with Gasteiger partial charge in [0.1, 0.15) is 5.76 Å². The summed E-state index contributed by atoms with van der Waals surface area (Å²) in [5.41, 5.74) is 1.60. The van der Waals surface area contributed by atoms with Crippen LogP contribution in [0.3, 0.4) is 0 Å². The largest absolute Gasteiger partial charge is 0.464 e. The number of rotatable bonds is 2. The Morgan fingerprint density at radius 1 is 1.11 bits per heavy atom. The summed E-state index contributed by atoms with van der Waals surface area (Å²) in [6.45, 7) is 1.66. The minimum absolute atomic E-state index is 0.104. The summed E-state index contributed by atoms with van der Waals surface area (Å²) in [7, 11) is 0. The molecule has 98 valence electrons. The molecule has 3 nitrogen and oxygen atoms in total. The third-order valence-corrected chi connectivity index (χ3v) is 4.18. The second-order valence-corrected chi connectivity index (χ2v) is 5.65. The molecule has 3 rings (SSSR count). The van der Waals surface area contributed by atoms with E-state index < -0.39 is 0 Å². The molecule has 0 radical (unpaired) electrons. The van der Waals surface area contributed by atoms with Gasteiger partial charge in [-0.05, 0) is 18.2 Å². The number of furan rings is 1. The fourth-order valence-corrected chi connectivity index (χ4v) is 3.16. The van der Waals surface area contributed by atoms with Gasteiger partial charge in [-0.1, -0.05) is 18.2 Å². The molecule has 0 atom stereocenters. The molecule has 0 saturated carbocycles. The van der Waals surface area contributed by atoms with Crippen LogP contribution in [0.15, 0.2) is 47.1 Å². The second kappa shape index (κ2) is 5.53. The van der Waals surface area contributed by atoms with E-state index in [2.05, 4.69) is 0 Å². The molecule has 0 aliphatic carbocycles. The smallest absolute Gasteiger partial charge is 0.254 e. The van der Waals surface area contributed by atoms with Crippen molar-refractivity contribution in [2.75, 3.05) is 24.6 Å². The molecule has 0 bridgehead atoms. The predicted octanol–water partition coefficient (Wildman–Crippen LogP) is 3.14. The zero-order valence-electron chi connectivity index (χ0n) is 10.5. The Bertz CT molecular complexity index is 559. The summed E-state index contributed by atoms with van der Waals surface area (Å²) in [5.74, 6) is 2.89. The molecule has 2 heterocycles. The first kappa shape index (κ1) is 12.4. The summed E-state index contributed by atoms with van der Waals surface area (Å²) in [5, 5.41) is 0. The maximum Gasteiger partial charge on any atom is 0.254 e. The van der Waals surface area contributed by atoms with Gasteiger partial charge in [-0.15, -0.1) is 0 Å². The first-order valence-electron chi connectivity index (χ1n) is 6.36. The van der Waals surface area contributed by atoms with Gasteiger partial charge in [0.05, 0.1) is 11.8 Å². The Morgan fingerprint density at radius 2 is 1.89 bits per heavy atom. The number of carbonyl (C=O) groups is 1. The Balaban J connectivity index is 1.94. The molecular weight excluding hydrogens is 258 g/mol. The number of benzene rings is 1. The van der Waals surface area contributed by atoms with E-state index in [1.54, 1.807) is 6.26 Å². The van der Waals surface area contributed by atoms with E-state index >= 15 is 0 Å². The predicted molar refractivity (Wildman–Crippen MR) is 77.4 cm³/mol. The Labute approximate surface area is 116 Å². The van der Waals surface area contributed by atoms with Gasteiger partial charge in [0.2, 0.25) is 0 Å². The number of carbonyl (C=O) groups excluding carboxylic acids is 1. The van der Waals surface area contributed by atoms with Crippen molar-refractivity contribution in [3.8, 4) is 11.3 Å². The normalized spacial score (nSPS) is 15.5. The average Bonchev–Trinajstić information content (AvgIpc) is 3.01. The molecule has 4 heteroatoms. The van der Waals surface area contributed by atoms with Crippen molar-refractivity contribution in [3.63, 3.8) is 0 Å². The molecule has 19 heavy (non-hydrogen) atoms. The minimum Gasteiger partial charge on any atom is -0.464 e. The van der Waals surface area contributed by atoms with Crippen LogP contribution in [0.4, 0.5) is 0 Å². The third kappa shape index (κ3) is 2.54. The van der Waals surface area contributed by atoms with Crippen LogP contribution in [-0.4, -0.2) is 35.4 Å². The second-order valence-electron chi connectivity index (χ2n) is 4.43. The van der Waals surface area contributed by atoms with E-state index in [9.17, 15) is 4.79 Å². The Hall–Kier alpha value is -1.68. The lowest BCUT2D eigenvalue weighted by Crippen LogP contribution is -2.38. The molecule has 0 N–H and O–H groups in total. The minimum atomic E-state index is 0.104. The van der Waals surface area contributed by atoms with Gasteiger partial charge in [0, 0.05) is 30.2 Å². The first-order valence-corrected chi connectivity index (χ1v) is 7.51.